The molecule has 0 spiro atoms. The molecule has 1 amide bonds. The van der Waals surface area contributed by atoms with E-state index in [0.717, 1.165) is 25.9 Å². The molecule has 0 rings (SSSR count). The highest BCUT2D eigenvalue weighted by Gasteiger charge is 2.16. The molecule has 102 valence electrons. The number of hydrogen-bond acceptors (Lipinski definition) is 3. The van der Waals surface area contributed by atoms with Crippen LogP contribution in [-0.2, 0) is 4.79 Å². The minimum atomic E-state index is -0.241. The minimum absolute atomic E-state index is 0.189. The maximum atomic E-state index is 11.3. The zero-order valence-corrected chi connectivity index (χ0v) is 11.8. The number of carbonyl (C=O) groups excluding carboxylic acids is 1. The third-order valence-electron chi connectivity index (χ3n) is 3.21. The first-order valence-electron chi connectivity index (χ1n) is 6.75. The zero-order chi connectivity index (χ0) is 13.3. The van der Waals surface area contributed by atoms with Gasteiger partial charge in [-0.25, -0.2) is 0 Å². The molecule has 0 bridgehead atoms. The van der Waals surface area contributed by atoms with Crippen molar-refractivity contribution in [2.75, 3.05) is 20.1 Å². The SMILES string of the molecule is CCCNC(CCN(C)C(C)CCC)C(N)=O. The number of rotatable bonds is 10. The highest BCUT2D eigenvalue weighted by molar-refractivity contribution is 5.79. The molecule has 0 fully saturated rings. The third-order valence-corrected chi connectivity index (χ3v) is 3.21. The highest BCUT2D eigenvalue weighted by atomic mass is 16.1. The second-order valence-corrected chi connectivity index (χ2v) is 4.82. The van der Waals surface area contributed by atoms with Crippen LogP contribution in [0.5, 0.6) is 0 Å². The Hall–Kier alpha value is -0.610. The topological polar surface area (TPSA) is 58.4 Å². The first kappa shape index (κ1) is 16.4. The predicted octanol–water partition coefficient (Wildman–Crippen LogP) is 1.35. The summed E-state index contributed by atoms with van der Waals surface area (Å²) in [5, 5.41) is 3.19. The standard InChI is InChI=1S/C13H29N3O/c1-5-7-11(3)16(4)10-8-12(13(14)17)15-9-6-2/h11-12,15H,5-10H2,1-4H3,(H2,14,17). The number of nitrogens with one attached hydrogen (secondary N) is 1. The van der Waals surface area contributed by atoms with E-state index in [1.807, 2.05) is 0 Å². The summed E-state index contributed by atoms with van der Waals surface area (Å²) in [6.07, 6.45) is 4.20. The van der Waals surface area contributed by atoms with Crippen LogP contribution in [0, 0.1) is 0 Å². The van der Waals surface area contributed by atoms with Gasteiger partial charge in [-0.05, 0) is 39.8 Å². The summed E-state index contributed by atoms with van der Waals surface area (Å²) in [5.74, 6) is -0.241. The lowest BCUT2D eigenvalue weighted by Crippen LogP contribution is -2.44. The quantitative estimate of drug-likeness (QED) is 0.609. The van der Waals surface area contributed by atoms with Crippen molar-refractivity contribution < 1.29 is 4.79 Å². The Kier molecular flexibility index (Phi) is 9.09. The Morgan fingerprint density at radius 3 is 2.41 bits per heavy atom. The highest BCUT2D eigenvalue weighted by Crippen LogP contribution is 2.05. The van der Waals surface area contributed by atoms with Crippen molar-refractivity contribution in [3.8, 4) is 0 Å². The second-order valence-electron chi connectivity index (χ2n) is 4.82. The molecule has 4 nitrogen and oxygen atoms in total. The number of primary amides is 1. The Bertz CT molecular complexity index is 209. The lowest BCUT2D eigenvalue weighted by molar-refractivity contribution is -0.120. The van der Waals surface area contributed by atoms with Crippen LogP contribution in [0.2, 0.25) is 0 Å². The van der Waals surface area contributed by atoms with E-state index in [1.165, 1.54) is 12.8 Å². The van der Waals surface area contributed by atoms with Gasteiger partial charge in [-0.2, -0.15) is 0 Å². The molecule has 0 saturated carbocycles. The first-order valence-corrected chi connectivity index (χ1v) is 6.75. The summed E-state index contributed by atoms with van der Waals surface area (Å²) in [6, 6.07) is 0.380. The van der Waals surface area contributed by atoms with Crippen molar-refractivity contribution in [1.29, 1.82) is 0 Å². The summed E-state index contributed by atoms with van der Waals surface area (Å²) >= 11 is 0. The molecular formula is C13H29N3O. The molecule has 0 aliphatic rings. The summed E-state index contributed by atoms with van der Waals surface area (Å²) < 4.78 is 0. The molecule has 0 aliphatic carbocycles. The lowest BCUT2D eigenvalue weighted by Gasteiger charge is -2.26. The van der Waals surface area contributed by atoms with Crippen LogP contribution in [0.15, 0.2) is 0 Å². The van der Waals surface area contributed by atoms with Gasteiger partial charge in [-0.1, -0.05) is 20.3 Å². The summed E-state index contributed by atoms with van der Waals surface area (Å²) in [6.45, 7) is 8.26. The van der Waals surface area contributed by atoms with Gasteiger partial charge in [-0.3, -0.25) is 4.79 Å². The van der Waals surface area contributed by atoms with Gasteiger partial charge in [0.1, 0.15) is 0 Å². The molecular weight excluding hydrogens is 214 g/mol. The number of hydrogen-bond donors (Lipinski definition) is 2. The van der Waals surface area contributed by atoms with Crippen molar-refractivity contribution in [3.05, 3.63) is 0 Å². The van der Waals surface area contributed by atoms with Gasteiger partial charge in [0.2, 0.25) is 5.91 Å². The molecule has 17 heavy (non-hydrogen) atoms. The first-order chi connectivity index (χ1) is 8.02. The van der Waals surface area contributed by atoms with Crippen LogP contribution in [0.3, 0.4) is 0 Å². The molecule has 0 radical (unpaired) electrons. The average molecular weight is 243 g/mol. The normalized spacial score (nSPS) is 14.9. The lowest BCUT2D eigenvalue weighted by atomic mass is 10.1. The van der Waals surface area contributed by atoms with E-state index in [4.69, 9.17) is 5.73 Å². The van der Waals surface area contributed by atoms with Crippen LogP contribution < -0.4 is 11.1 Å². The molecule has 0 aliphatic heterocycles. The number of nitrogens with zero attached hydrogens (tertiary/aromatic N) is 1. The average Bonchev–Trinajstić information content (AvgIpc) is 2.28. The molecule has 0 saturated heterocycles. The van der Waals surface area contributed by atoms with E-state index in [-0.39, 0.29) is 11.9 Å². The molecule has 2 atom stereocenters. The minimum Gasteiger partial charge on any atom is -0.368 e. The predicted molar refractivity (Wildman–Crippen MR) is 72.9 cm³/mol. The molecule has 0 aromatic carbocycles. The number of carbonyl (C=O) groups is 1. The van der Waals surface area contributed by atoms with Crippen LogP contribution in [0.25, 0.3) is 0 Å². The van der Waals surface area contributed by atoms with Crippen LogP contribution in [0.1, 0.15) is 46.5 Å². The molecule has 0 aromatic heterocycles. The van der Waals surface area contributed by atoms with E-state index in [2.05, 4.69) is 38.0 Å². The fourth-order valence-corrected chi connectivity index (χ4v) is 1.85. The van der Waals surface area contributed by atoms with Gasteiger partial charge in [0.15, 0.2) is 0 Å². The fraction of sp³-hybridized carbons (Fsp3) is 0.923. The van der Waals surface area contributed by atoms with E-state index >= 15 is 0 Å². The van der Waals surface area contributed by atoms with E-state index in [0.29, 0.717) is 6.04 Å². The van der Waals surface area contributed by atoms with Crippen molar-refractivity contribution in [3.63, 3.8) is 0 Å². The van der Waals surface area contributed by atoms with Gasteiger partial charge in [-0.15, -0.1) is 0 Å². The molecule has 2 unspecified atom stereocenters. The van der Waals surface area contributed by atoms with Crippen molar-refractivity contribution in [2.24, 2.45) is 5.73 Å². The summed E-state index contributed by atoms with van der Waals surface area (Å²) in [4.78, 5) is 13.6. The fourth-order valence-electron chi connectivity index (χ4n) is 1.85. The van der Waals surface area contributed by atoms with Gasteiger partial charge < -0.3 is 16.0 Å². The van der Waals surface area contributed by atoms with Crippen molar-refractivity contribution >= 4 is 5.91 Å². The van der Waals surface area contributed by atoms with Gasteiger partial charge in [0.05, 0.1) is 6.04 Å². The maximum absolute atomic E-state index is 11.3. The molecule has 0 heterocycles. The molecule has 0 aromatic rings. The van der Waals surface area contributed by atoms with E-state index in [1.54, 1.807) is 0 Å². The summed E-state index contributed by atoms with van der Waals surface area (Å²) in [7, 11) is 2.11. The zero-order valence-electron chi connectivity index (χ0n) is 11.8. The largest absolute Gasteiger partial charge is 0.368 e. The second kappa shape index (κ2) is 9.42. The number of amides is 1. The Balaban J connectivity index is 3.98. The smallest absolute Gasteiger partial charge is 0.234 e. The van der Waals surface area contributed by atoms with E-state index in [9.17, 15) is 4.79 Å². The van der Waals surface area contributed by atoms with Crippen molar-refractivity contribution in [2.45, 2.75) is 58.5 Å². The van der Waals surface area contributed by atoms with Crippen LogP contribution >= 0.6 is 0 Å². The molecule has 4 heteroatoms. The summed E-state index contributed by atoms with van der Waals surface area (Å²) in [5.41, 5.74) is 5.38. The van der Waals surface area contributed by atoms with Gasteiger partial charge in [0, 0.05) is 12.6 Å². The van der Waals surface area contributed by atoms with Crippen LogP contribution in [-0.4, -0.2) is 43.0 Å². The third kappa shape index (κ3) is 7.34. The van der Waals surface area contributed by atoms with Gasteiger partial charge >= 0.3 is 0 Å². The Morgan fingerprint density at radius 1 is 1.29 bits per heavy atom. The van der Waals surface area contributed by atoms with E-state index < -0.39 is 0 Å². The molecule has 3 N–H and O–H groups in total. The Morgan fingerprint density at radius 2 is 1.94 bits per heavy atom. The maximum Gasteiger partial charge on any atom is 0.234 e. The number of nitrogens with two attached hydrogens (primary N) is 1. The van der Waals surface area contributed by atoms with Gasteiger partial charge in [0.25, 0.3) is 0 Å². The monoisotopic (exact) mass is 243 g/mol. The van der Waals surface area contributed by atoms with Crippen molar-refractivity contribution in [1.82, 2.24) is 10.2 Å². The van der Waals surface area contributed by atoms with Crippen LogP contribution in [0.4, 0.5) is 0 Å². The Labute approximate surface area is 106 Å².